The van der Waals surface area contributed by atoms with Crippen LogP contribution in [0.1, 0.15) is 64.9 Å². The van der Waals surface area contributed by atoms with Crippen molar-refractivity contribution in [3.8, 4) is 0 Å². The maximum absolute atomic E-state index is 14.0. The van der Waals surface area contributed by atoms with E-state index in [4.69, 9.17) is 0 Å². The lowest BCUT2D eigenvalue weighted by Gasteiger charge is -2.48. The molecule has 1 aromatic carbocycles. The third kappa shape index (κ3) is 4.86. The SMILES string of the molecule is C[C@@H](CN1CC(C)(C)c2cc(F)ccc21)[C@@](CC(=O)N(C)C)(NC(=O)O)C1CCCCC1. The van der Waals surface area contributed by atoms with Crippen molar-refractivity contribution in [2.75, 3.05) is 32.1 Å². The fourth-order valence-corrected chi connectivity index (χ4v) is 5.85. The molecule has 3 rings (SSSR count). The van der Waals surface area contributed by atoms with Gasteiger partial charge in [0, 0.05) is 38.3 Å². The van der Waals surface area contributed by atoms with E-state index in [0.29, 0.717) is 6.54 Å². The second-order valence-corrected chi connectivity index (χ2v) is 10.6. The molecule has 1 saturated carbocycles. The first-order valence-electron chi connectivity index (χ1n) is 11.7. The zero-order valence-electron chi connectivity index (χ0n) is 20.1. The Labute approximate surface area is 191 Å². The van der Waals surface area contributed by atoms with Crippen molar-refractivity contribution >= 4 is 17.7 Å². The molecule has 0 spiro atoms. The zero-order chi connectivity index (χ0) is 23.7. The van der Waals surface area contributed by atoms with Crippen molar-refractivity contribution < 1.29 is 19.1 Å². The summed E-state index contributed by atoms with van der Waals surface area (Å²) in [5, 5.41) is 12.7. The van der Waals surface area contributed by atoms with Gasteiger partial charge in [-0.1, -0.05) is 40.0 Å². The minimum atomic E-state index is -1.08. The maximum atomic E-state index is 14.0. The number of anilines is 1. The molecule has 2 N–H and O–H groups in total. The van der Waals surface area contributed by atoms with Crippen LogP contribution in [0.3, 0.4) is 0 Å². The van der Waals surface area contributed by atoms with Gasteiger partial charge in [-0.3, -0.25) is 4.79 Å². The summed E-state index contributed by atoms with van der Waals surface area (Å²) in [6.45, 7) is 7.60. The van der Waals surface area contributed by atoms with Gasteiger partial charge in [0.15, 0.2) is 0 Å². The van der Waals surface area contributed by atoms with Crippen molar-refractivity contribution in [1.82, 2.24) is 10.2 Å². The Hall–Kier alpha value is -2.31. The summed E-state index contributed by atoms with van der Waals surface area (Å²) in [6.07, 6.45) is 4.14. The van der Waals surface area contributed by atoms with E-state index in [9.17, 15) is 19.1 Å². The van der Waals surface area contributed by atoms with E-state index < -0.39 is 11.6 Å². The Kier molecular flexibility index (Phi) is 7.06. The molecule has 0 bridgehead atoms. The number of rotatable bonds is 7. The molecule has 1 heterocycles. The number of amides is 2. The Morgan fingerprint density at radius 2 is 1.94 bits per heavy atom. The quantitative estimate of drug-likeness (QED) is 0.640. The molecule has 1 aliphatic carbocycles. The number of nitrogens with one attached hydrogen (secondary N) is 1. The first kappa shape index (κ1) is 24.3. The number of nitrogens with zero attached hydrogens (tertiary/aromatic N) is 2. The highest BCUT2D eigenvalue weighted by molar-refractivity contribution is 5.78. The monoisotopic (exact) mass is 447 g/mol. The van der Waals surface area contributed by atoms with E-state index in [1.807, 2.05) is 6.07 Å². The van der Waals surface area contributed by atoms with Crippen LogP contribution in [0.5, 0.6) is 0 Å². The van der Waals surface area contributed by atoms with Crippen LogP contribution in [0.4, 0.5) is 14.9 Å². The van der Waals surface area contributed by atoms with Gasteiger partial charge < -0.3 is 20.2 Å². The standard InChI is InChI=1S/C25H38FN3O3/c1-17(15-29-16-24(2,3)20-13-19(26)11-12-21(20)29)25(27-23(31)32,14-22(30)28(4)5)18-9-7-6-8-10-18/h11-13,17-18,27H,6-10,14-16H2,1-5H3,(H,31,32)/t17-,25+/m0/s1. The average Bonchev–Trinajstić information content (AvgIpc) is 2.96. The predicted octanol–water partition coefficient (Wildman–Crippen LogP) is 4.62. The summed E-state index contributed by atoms with van der Waals surface area (Å²) in [7, 11) is 3.43. The van der Waals surface area contributed by atoms with E-state index in [0.717, 1.165) is 49.9 Å². The lowest BCUT2D eigenvalue weighted by molar-refractivity contribution is -0.131. The van der Waals surface area contributed by atoms with Crippen LogP contribution in [0.25, 0.3) is 0 Å². The van der Waals surface area contributed by atoms with Crippen LogP contribution in [-0.4, -0.2) is 54.7 Å². The van der Waals surface area contributed by atoms with Crippen LogP contribution >= 0.6 is 0 Å². The molecule has 2 amide bonds. The van der Waals surface area contributed by atoms with Crippen molar-refractivity contribution in [3.05, 3.63) is 29.6 Å². The average molecular weight is 448 g/mol. The second kappa shape index (κ2) is 9.28. The van der Waals surface area contributed by atoms with Crippen LogP contribution in [0, 0.1) is 17.7 Å². The van der Waals surface area contributed by atoms with Gasteiger partial charge in [-0.25, -0.2) is 9.18 Å². The van der Waals surface area contributed by atoms with E-state index >= 15 is 0 Å². The molecule has 2 atom stereocenters. The summed E-state index contributed by atoms with van der Waals surface area (Å²) in [5.74, 6) is -0.320. The smallest absolute Gasteiger partial charge is 0.405 e. The predicted molar refractivity (Wildman–Crippen MR) is 125 cm³/mol. The molecular weight excluding hydrogens is 409 g/mol. The number of carbonyl (C=O) groups is 2. The number of hydrogen-bond acceptors (Lipinski definition) is 3. The van der Waals surface area contributed by atoms with Gasteiger partial charge in [-0.2, -0.15) is 0 Å². The molecule has 0 radical (unpaired) electrons. The van der Waals surface area contributed by atoms with Gasteiger partial charge in [0.1, 0.15) is 5.82 Å². The minimum absolute atomic E-state index is 0.0691. The summed E-state index contributed by atoms with van der Waals surface area (Å²) >= 11 is 0. The lowest BCUT2D eigenvalue weighted by atomic mass is 9.66. The van der Waals surface area contributed by atoms with Crippen LogP contribution in [-0.2, 0) is 10.2 Å². The van der Waals surface area contributed by atoms with E-state index in [1.54, 1.807) is 25.1 Å². The van der Waals surface area contributed by atoms with Crippen LogP contribution in [0.15, 0.2) is 18.2 Å². The van der Waals surface area contributed by atoms with Crippen molar-refractivity contribution in [3.63, 3.8) is 0 Å². The molecule has 2 aliphatic rings. The van der Waals surface area contributed by atoms with Gasteiger partial charge >= 0.3 is 6.09 Å². The number of halogens is 1. The summed E-state index contributed by atoms with van der Waals surface area (Å²) in [5.41, 5.74) is 0.920. The number of carbonyl (C=O) groups excluding carboxylic acids is 1. The first-order chi connectivity index (χ1) is 15.0. The third-order valence-corrected chi connectivity index (χ3v) is 7.60. The normalized spacial score (nSPS) is 20.9. The topological polar surface area (TPSA) is 72.9 Å². The Bertz CT molecular complexity index is 851. The fraction of sp³-hybridized carbons (Fsp3) is 0.680. The Morgan fingerprint density at radius 1 is 1.28 bits per heavy atom. The van der Waals surface area contributed by atoms with Crippen LogP contribution < -0.4 is 10.2 Å². The molecule has 0 aromatic heterocycles. The molecule has 32 heavy (non-hydrogen) atoms. The first-order valence-corrected chi connectivity index (χ1v) is 11.7. The molecule has 178 valence electrons. The fourth-order valence-electron chi connectivity index (χ4n) is 5.85. The van der Waals surface area contributed by atoms with Crippen LogP contribution in [0.2, 0.25) is 0 Å². The largest absolute Gasteiger partial charge is 0.465 e. The third-order valence-electron chi connectivity index (χ3n) is 7.60. The molecular formula is C25H38FN3O3. The number of fused-ring (bicyclic) bond motifs is 1. The molecule has 1 fully saturated rings. The minimum Gasteiger partial charge on any atom is -0.465 e. The van der Waals surface area contributed by atoms with E-state index in [-0.39, 0.29) is 35.4 Å². The highest BCUT2D eigenvalue weighted by Gasteiger charge is 2.48. The van der Waals surface area contributed by atoms with E-state index in [2.05, 4.69) is 31.0 Å². The van der Waals surface area contributed by atoms with Gasteiger partial charge in [0.2, 0.25) is 5.91 Å². The highest BCUT2D eigenvalue weighted by atomic mass is 19.1. The van der Waals surface area contributed by atoms with E-state index in [1.165, 1.54) is 6.07 Å². The van der Waals surface area contributed by atoms with Crippen molar-refractivity contribution in [2.45, 2.75) is 70.3 Å². The molecule has 0 unspecified atom stereocenters. The molecule has 6 nitrogen and oxygen atoms in total. The van der Waals surface area contributed by atoms with Gasteiger partial charge in [-0.05, 0) is 48.4 Å². The van der Waals surface area contributed by atoms with Gasteiger partial charge in [-0.15, -0.1) is 0 Å². The number of benzene rings is 1. The highest BCUT2D eigenvalue weighted by Crippen LogP contribution is 2.44. The van der Waals surface area contributed by atoms with Gasteiger partial charge in [0.25, 0.3) is 0 Å². The Balaban J connectivity index is 1.97. The second-order valence-electron chi connectivity index (χ2n) is 10.6. The number of carboxylic acid groups (broad SMARTS) is 1. The summed E-state index contributed by atoms with van der Waals surface area (Å²) in [4.78, 5) is 28.7. The summed E-state index contributed by atoms with van der Waals surface area (Å²) in [6, 6.07) is 4.92. The molecule has 7 heteroatoms. The van der Waals surface area contributed by atoms with Crippen molar-refractivity contribution in [2.24, 2.45) is 11.8 Å². The van der Waals surface area contributed by atoms with Crippen molar-refractivity contribution in [1.29, 1.82) is 0 Å². The van der Waals surface area contributed by atoms with Gasteiger partial charge in [0.05, 0.1) is 12.0 Å². The Morgan fingerprint density at radius 3 is 2.53 bits per heavy atom. The summed E-state index contributed by atoms with van der Waals surface area (Å²) < 4.78 is 14.0. The maximum Gasteiger partial charge on any atom is 0.405 e. The molecule has 0 saturated heterocycles. The zero-order valence-corrected chi connectivity index (χ0v) is 20.1. The molecule has 1 aliphatic heterocycles. The lowest BCUT2D eigenvalue weighted by Crippen LogP contribution is -2.62. The number of hydrogen-bond donors (Lipinski definition) is 2. The molecule has 1 aromatic rings.